The van der Waals surface area contributed by atoms with Gasteiger partial charge in [0.1, 0.15) is 0 Å². The van der Waals surface area contributed by atoms with Crippen LogP contribution in [-0.4, -0.2) is 24.3 Å². The molecule has 0 bridgehead atoms. The Morgan fingerprint density at radius 2 is 1.48 bits per heavy atom. The summed E-state index contributed by atoms with van der Waals surface area (Å²) in [6, 6.07) is 12.9. The molecule has 0 fully saturated rings. The minimum absolute atomic E-state index is 0.160. The van der Waals surface area contributed by atoms with Gasteiger partial charge >= 0.3 is 0 Å². The van der Waals surface area contributed by atoms with E-state index in [1.807, 2.05) is 0 Å². The molecule has 0 spiro atoms. The highest BCUT2D eigenvalue weighted by molar-refractivity contribution is 9.10. The fourth-order valence-electron chi connectivity index (χ4n) is 1.79. The third kappa shape index (κ3) is 4.93. The number of carbonyl (C=O) groups excluding carboxylic acids is 3. The average Bonchev–Trinajstić information content (AvgIpc) is 2.55. The minimum atomic E-state index is -0.564. The number of primary amides is 1. The zero-order chi connectivity index (χ0) is 16.8. The van der Waals surface area contributed by atoms with E-state index >= 15 is 0 Å². The summed E-state index contributed by atoms with van der Waals surface area (Å²) in [5.41, 5.74) is 6.42. The van der Waals surface area contributed by atoms with E-state index in [1.165, 1.54) is 24.3 Å². The van der Waals surface area contributed by atoms with Gasteiger partial charge in [-0.05, 0) is 48.5 Å². The van der Waals surface area contributed by atoms with Crippen LogP contribution in [0.2, 0.25) is 0 Å². The number of benzene rings is 2. The molecule has 0 heterocycles. The molecule has 0 radical (unpaired) electrons. The molecule has 0 saturated carbocycles. The van der Waals surface area contributed by atoms with Gasteiger partial charge in [-0.3, -0.25) is 14.4 Å². The molecular weight excluding hydrogens is 362 g/mol. The number of anilines is 1. The molecule has 2 aromatic carbocycles. The Labute approximate surface area is 141 Å². The van der Waals surface area contributed by atoms with Gasteiger partial charge in [-0.25, -0.2) is 0 Å². The fraction of sp³-hybridized carbons (Fsp3) is 0.0625. The number of halogens is 1. The lowest BCUT2D eigenvalue weighted by atomic mass is 10.1. The molecule has 0 saturated heterocycles. The molecule has 0 aliphatic rings. The van der Waals surface area contributed by atoms with Crippen molar-refractivity contribution in [3.63, 3.8) is 0 Å². The maximum absolute atomic E-state index is 11.9. The highest BCUT2D eigenvalue weighted by Gasteiger charge is 2.09. The Morgan fingerprint density at radius 1 is 0.913 bits per heavy atom. The summed E-state index contributed by atoms with van der Waals surface area (Å²) in [7, 11) is 0. The standard InChI is InChI=1S/C16H14BrN3O3/c17-12-5-7-13(8-6-12)20-14(21)9-19-16(23)11-3-1-10(2-4-11)15(18)22/h1-8H,9H2,(H2,18,22)(H,19,23)(H,20,21). The SMILES string of the molecule is NC(=O)c1ccc(C(=O)NCC(=O)Nc2ccc(Br)cc2)cc1. The van der Waals surface area contributed by atoms with Crippen LogP contribution < -0.4 is 16.4 Å². The molecule has 118 valence electrons. The second kappa shape index (κ2) is 7.55. The van der Waals surface area contributed by atoms with Gasteiger partial charge in [0.25, 0.3) is 5.91 Å². The molecule has 0 aliphatic carbocycles. The van der Waals surface area contributed by atoms with Gasteiger partial charge in [0.15, 0.2) is 0 Å². The van der Waals surface area contributed by atoms with E-state index in [-0.39, 0.29) is 12.5 Å². The number of nitrogens with two attached hydrogens (primary N) is 1. The summed E-state index contributed by atoms with van der Waals surface area (Å²) in [6.07, 6.45) is 0. The van der Waals surface area contributed by atoms with Crippen LogP contribution in [0.1, 0.15) is 20.7 Å². The van der Waals surface area contributed by atoms with Gasteiger partial charge in [0.05, 0.1) is 6.54 Å². The lowest BCUT2D eigenvalue weighted by molar-refractivity contribution is -0.115. The van der Waals surface area contributed by atoms with Crippen LogP contribution in [0.3, 0.4) is 0 Å². The molecule has 0 unspecified atom stereocenters. The van der Waals surface area contributed by atoms with Crippen LogP contribution in [-0.2, 0) is 4.79 Å². The Hall–Kier alpha value is -2.67. The Bertz CT molecular complexity index is 727. The van der Waals surface area contributed by atoms with Crippen molar-refractivity contribution in [3.8, 4) is 0 Å². The average molecular weight is 376 g/mol. The van der Waals surface area contributed by atoms with Crippen molar-refractivity contribution in [1.29, 1.82) is 0 Å². The largest absolute Gasteiger partial charge is 0.366 e. The number of nitrogens with one attached hydrogen (secondary N) is 2. The number of carbonyl (C=O) groups is 3. The predicted octanol–water partition coefficient (Wildman–Crippen LogP) is 1.92. The van der Waals surface area contributed by atoms with Crippen molar-refractivity contribution in [2.24, 2.45) is 5.73 Å². The molecule has 23 heavy (non-hydrogen) atoms. The fourth-order valence-corrected chi connectivity index (χ4v) is 2.05. The van der Waals surface area contributed by atoms with E-state index < -0.39 is 11.8 Å². The maximum Gasteiger partial charge on any atom is 0.251 e. The highest BCUT2D eigenvalue weighted by Crippen LogP contribution is 2.13. The topological polar surface area (TPSA) is 101 Å². The van der Waals surface area contributed by atoms with Gasteiger partial charge in [-0.2, -0.15) is 0 Å². The smallest absolute Gasteiger partial charge is 0.251 e. The summed E-state index contributed by atoms with van der Waals surface area (Å²) in [5, 5.41) is 5.17. The van der Waals surface area contributed by atoms with Crippen LogP contribution in [0.4, 0.5) is 5.69 Å². The van der Waals surface area contributed by atoms with Crippen molar-refractivity contribution in [1.82, 2.24) is 5.32 Å². The maximum atomic E-state index is 11.9. The second-order valence-corrected chi connectivity index (χ2v) is 5.60. The molecule has 4 N–H and O–H groups in total. The molecule has 0 aliphatic heterocycles. The van der Waals surface area contributed by atoms with Crippen LogP contribution in [0.5, 0.6) is 0 Å². The molecule has 0 atom stereocenters. The van der Waals surface area contributed by atoms with Gasteiger partial charge in [0.2, 0.25) is 11.8 Å². The van der Waals surface area contributed by atoms with E-state index in [1.54, 1.807) is 24.3 Å². The normalized spacial score (nSPS) is 9.96. The second-order valence-electron chi connectivity index (χ2n) is 4.68. The first kappa shape index (κ1) is 16.7. The van der Waals surface area contributed by atoms with Crippen LogP contribution >= 0.6 is 15.9 Å². The van der Waals surface area contributed by atoms with Crippen molar-refractivity contribution < 1.29 is 14.4 Å². The van der Waals surface area contributed by atoms with Crippen molar-refractivity contribution in [2.75, 3.05) is 11.9 Å². The third-order valence-corrected chi connectivity index (χ3v) is 3.50. The lowest BCUT2D eigenvalue weighted by Crippen LogP contribution is -2.32. The van der Waals surface area contributed by atoms with Crippen LogP contribution in [0.25, 0.3) is 0 Å². The summed E-state index contributed by atoms with van der Waals surface area (Å²) >= 11 is 3.30. The van der Waals surface area contributed by atoms with Gasteiger partial charge < -0.3 is 16.4 Å². The molecule has 3 amide bonds. The molecular formula is C16H14BrN3O3. The molecule has 6 nitrogen and oxygen atoms in total. The molecule has 2 aromatic rings. The quantitative estimate of drug-likeness (QED) is 0.743. The van der Waals surface area contributed by atoms with E-state index in [0.29, 0.717) is 16.8 Å². The molecule has 7 heteroatoms. The summed E-state index contributed by atoms with van der Waals surface area (Å²) in [4.78, 5) is 34.6. The van der Waals surface area contributed by atoms with E-state index in [0.717, 1.165) is 4.47 Å². The summed E-state index contributed by atoms with van der Waals surface area (Å²) < 4.78 is 0.906. The predicted molar refractivity (Wildman–Crippen MR) is 90.1 cm³/mol. The summed E-state index contributed by atoms with van der Waals surface area (Å²) in [6.45, 7) is -0.160. The Morgan fingerprint density at radius 3 is 2.04 bits per heavy atom. The number of hydrogen-bond acceptors (Lipinski definition) is 3. The number of amides is 3. The lowest BCUT2D eigenvalue weighted by Gasteiger charge is -2.07. The van der Waals surface area contributed by atoms with Crippen molar-refractivity contribution in [3.05, 3.63) is 64.1 Å². The van der Waals surface area contributed by atoms with Gasteiger partial charge in [-0.1, -0.05) is 15.9 Å². The first-order valence-electron chi connectivity index (χ1n) is 6.69. The van der Waals surface area contributed by atoms with E-state index in [9.17, 15) is 14.4 Å². The van der Waals surface area contributed by atoms with E-state index in [2.05, 4.69) is 26.6 Å². The first-order valence-corrected chi connectivity index (χ1v) is 7.48. The molecule has 0 aromatic heterocycles. The molecule has 2 rings (SSSR count). The van der Waals surface area contributed by atoms with Gasteiger partial charge in [0, 0.05) is 21.3 Å². The Kier molecular flexibility index (Phi) is 5.48. The Balaban J connectivity index is 1.87. The van der Waals surface area contributed by atoms with Crippen LogP contribution in [0.15, 0.2) is 53.0 Å². The zero-order valence-electron chi connectivity index (χ0n) is 12.0. The van der Waals surface area contributed by atoms with Crippen molar-refractivity contribution in [2.45, 2.75) is 0 Å². The third-order valence-electron chi connectivity index (χ3n) is 2.97. The first-order chi connectivity index (χ1) is 11.0. The number of hydrogen-bond donors (Lipinski definition) is 3. The van der Waals surface area contributed by atoms with Crippen molar-refractivity contribution >= 4 is 39.3 Å². The highest BCUT2D eigenvalue weighted by atomic mass is 79.9. The summed E-state index contributed by atoms with van der Waals surface area (Å²) in [5.74, 6) is -1.31. The zero-order valence-corrected chi connectivity index (χ0v) is 13.6. The van der Waals surface area contributed by atoms with E-state index in [4.69, 9.17) is 5.73 Å². The minimum Gasteiger partial charge on any atom is -0.366 e. The monoisotopic (exact) mass is 375 g/mol. The van der Waals surface area contributed by atoms with Crippen LogP contribution in [0, 0.1) is 0 Å². The van der Waals surface area contributed by atoms with Gasteiger partial charge in [-0.15, -0.1) is 0 Å². The number of rotatable bonds is 5.